The highest BCUT2D eigenvalue weighted by Crippen LogP contribution is 2.29. The van der Waals surface area contributed by atoms with Gasteiger partial charge in [-0.15, -0.1) is 0 Å². The van der Waals surface area contributed by atoms with Crippen LogP contribution < -0.4 is 5.56 Å². The van der Waals surface area contributed by atoms with Gasteiger partial charge in [0.1, 0.15) is 0 Å². The van der Waals surface area contributed by atoms with Crippen molar-refractivity contribution in [3.63, 3.8) is 0 Å². The highest BCUT2D eigenvalue weighted by molar-refractivity contribution is 5.95. The normalized spacial score (nSPS) is 11.0. The van der Waals surface area contributed by atoms with Crippen molar-refractivity contribution in [3.8, 4) is 22.5 Å². The van der Waals surface area contributed by atoms with E-state index >= 15 is 0 Å². The molecule has 4 aromatic rings. The van der Waals surface area contributed by atoms with E-state index in [1.807, 2.05) is 66.3 Å². The molecule has 0 saturated heterocycles. The zero-order chi connectivity index (χ0) is 15.8. The van der Waals surface area contributed by atoms with Gasteiger partial charge in [-0.3, -0.25) is 9.48 Å². The van der Waals surface area contributed by atoms with Crippen LogP contribution in [0.4, 0.5) is 0 Å². The molecule has 0 bridgehead atoms. The smallest absolute Gasteiger partial charge is 0.255 e. The van der Waals surface area contributed by atoms with E-state index in [-0.39, 0.29) is 5.56 Å². The molecular formula is C19H15N3O. The van der Waals surface area contributed by atoms with Gasteiger partial charge in [0.05, 0.1) is 11.4 Å². The van der Waals surface area contributed by atoms with Crippen LogP contribution >= 0.6 is 0 Å². The fraction of sp³-hybridized carbons (Fsp3) is 0.0526. The van der Waals surface area contributed by atoms with E-state index in [0.717, 1.165) is 27.9 Å². The first-order valence-electron chi connectivity index (χ1n) is 7.44. The number of H-pyrrole nitrogens is 1. The molecule has 4 nitrogen and oxygen atoms in total. The summed E-state index contributed by atoms with van der Waals surface area (Å²) >= 11 is 0. The van der Waals surface area contributed by atoms with E-state index in [1.54, 1.807) is 6.20 Å². The van der Waals surface area contributed by atoms with Crippen molar-refractivity contribution in [1.82, 2.24) is 14.8 Å². The average molecular weight is 301 g/mol. The van der Waals surface area contributed by atoms with Crippen molar-refractivity contribution in [2.45, 2.75) is 0 Å². The fourth-order valence-electron chi connectivity index (χ4n) is 2.91. The molecule has 4 heteroatoms. The van der Waals surface area contributed by atoms with Gasteiger partial charge in [-0.05, 0) is 23.6 Å². The van der Waals surface area contributed by atoms with Crippen molar-refractivity contribution in [3.05, 3.63) is 77.2 Å². The minimum Gasteiger partial charge on any atom is -0.329 e. The molecule has 23 heavy (non-hydrogen) atoms. The number of rotatable bonds is 2. The first kappa shape index (κ1) is 13.5. The Hall–Kier alpha value is -3.14. The van der Waals surface area contributed by atoms with Gasteiger partial charge in [0.15, 0.2) is 0 Å². The van der Waals surface area contributed by atoms with Crippen molar-refractivity contribution in [1.29, 1.82) is 0 Å². The molecule has 0 aliphatic heterocycles. The Bertz CT molecular complexity index is 1050. The summed E-state index contributed by atoms with van der Waals surface area (Å²) in [6, 6.07) is 19.8. The third-order valence-electron chi connectivity index (χ3n) is 4.04. The van der Waals surface area contributed by atoms with Gasteiger partial charge in [0.25, 0.3) is 5.56 Å². The molecule has 2 aromatic heterocycles. The SMILES string of the molecule is Cn1nc(-c2ccccc2)cc1-c1cccc2c(=O)[nH]ccc12. The molecule has 0 atom stereocenters. The molecule has 0 aliphatic rings. The second kappa shape index (κ2) is 5.25. The number of fused-ring (bicyclic) bond motifs is 1. The minimum absolute atomic E-state index is 0.0743. The molecule has 1 N–H and O–H groups in total. The van der Waals surface area contributed by atoms with Crippen LogP contribution in [0.25, 0.3) is 33.3 Å². The van der Waals surface area contributed by atoms with Crippen LogP contribution in [-0.4, -0.2) is 14.8 Å². The predicted octanol–water partition coefficient (Wildman–Crippen LogP) is 3.60. The average Bonchev–Trinajstić information content (AvgIpc) is 2.97. The van der Waals surface area contributed by atoms with Gasteiger partial charge in [0, 0.05) is 29.8 Å². The molecule has 0 amide bonds. The number of aromatic amines is 1. The maximum Gasteiger partial charge on any atom is 0.255 e. The third-order valence-corrected chi connectivity index (χ3v) is 4.04. The van der Waals surface area contributed by atoms with Gasteiger partial charge >= 0.3 is 0 Å². The lowest BCUT2D eigenvalue weighted by Gasteiger charge is -2.06. The van der Waals surface area contributed by atoms with E-state index in [1.165, 1.54) is 0 Å². The second-order valence-corrected chi connectivity index (χ2v) is 5.48. The Morgan fingerprint density at radius 2 is 1.78 bits per heavy atom. The summed E-state index contributed by atoms with van der Waals surface area (Å²) < 4.78 is 1.86. The highest BCUT2D eigenvalue weighted by Gasteiger charge is 2.12. The van der Waals surface area contributed by atoms with Gasteiger partial charge < -0.3 is 4.98 Å². The number of hydrogen-bond acceptors (Lipinski definition) is 2. The molecule has 0 spiro atoms. The van der Waals surface area contributed by atoms with Crippen molar-refractivity contribution >= 4 is 10.8 Å². The lowest BCUT2D eigenvalue weighted by molar-refractivity contribution is 0.779. The number of benzene rings is 2. The Morgan fingerprint density at radius 3 is 2.61 bits per heavy atom. The maximum absolute atomic E-state index is 12.0. The first-order chi connectivity index (χ1) is 11.2. The standard InChI is InChI=1S/C19H15N3O/c1-22-18(12-17(21-22)13-6-3-2-4-7-13)15-8-5-9-16-14(15)10-11-20-19(16)23/h2-12H,1H3,(H,20,23). The Labute approximate surface area is 133 Å². The molecule has 4 rings (SSSR count). The van der Waals surface area contributed by atoms with Crippen LogP contribution in [0.5, 0.6) is 0 Å². The van der Waals surface area contributed by atoms with Crippen LogP contribution in [0.15, 0.2) is 71.7 Å². The summed E-state index contributed by atoms with van der Waals surface area (Å²) in [6.07, 6.45) is 1.68. The monoisotopic (exact) mass is 301 g/mol. The Kier molecular flexibility index (Phi) is 3.08. The minimum atomic E-state index is -0.0743. The van der Waals surface area contributed by atoms with E-state index in [4.69, 9.17) is 0 Å². The predicted molar refractivity (Wildman–Crippen MR) is 92.2 cm³/mol. The number of hydrogen-bond donors (Lipinski definition) is 1. The highest BCUT2D eigenvalue weighted by atomic mass is 16.1. The van der Waals surface area contributed by atoms with Crippen LogP contribution in [0.1, 0.15) is 0 Å². The molecule has 2 heterocycles. The van der Waals surface area contributed by atoms with Gasteiger partial charge in [-0.1, -0.05) is 42.5 Å². The molecular weight excluding hydrogens is 286 g/mol. The second-order valence-electron chi connectivity index (χ2n) is 5.48. The largest absolute Gasteiger partial charge is 0.329 e. The molecule has 2 aromatic carbocycles. The maximum atomic E-state index is 12.0. The molecule has 112 valence electrons. The topological polar surface area (TPSA) is 50.7 Å². The van der Waals surface area contributed by atoms with Crippen molar-refractivity contribution in [2.75, 3.05) is 0 Å². The molecule has 0 unspecified atom stereocenters. The summed E-state index contributed by atoms with van der Waals surface area (Å²) in [4.78, 5) is 14.7. The van der Waals surface area contributed by atoms with E-state index in [0.29, 0.717) is 5.39 Å². The first-order valence-corrected chi connectivity index (χ1v) is 7.44. The van der Waals surface area contributed by atoms with Crippen LogP contribution in [-0.2, 0) is 7.05 Å². The van der Waals surface area contributed by atoms with E-state index in [2.05, 4.69) is 16.1 Å². The molecule has 0 saturated carbocycles. The van der Waals surface area contributed by atoms with Gasteiger partial charge in [0.2, 0.25) is 0 Å². The summed E-state index contributed by atoms with van der Waals surface area (Å²) in [6.45, 7) is 0. The molecule has 0 aliphatic carbocycles. The number of aromatic nitrogens is 3. The van der Waals surface area contributed by atoms with Gasteiger partial charge in [-0.25, -0.2) is 0 Å². The third kappa shape index (κ3) is 2.25. The molecule has 0 radical (unpaired) electrons. The van der Waals surface area contributed by atoms with Crippen molar-refractivity contribution in [2.24, 2.45) is 7.05 Å². The number of aryl methyl sites for hydroxylation is 1. The zero-order valence-electron chi connectivity index (χ0n) is 12.7. The quantitative estimate of drug-likeness (QED) is 0.615. The van der Waals surface area contributed by atoms with Crippen LogP contribution in [0, 0.1) is 0 Å². The lowest BCUT2D eigenvalue weighted by Crippen LogP contribution is -2.05. The fourth-order valence-corrected chi connectivity index (χ4v) is 2.91. The van der Waals surface area contributed by atoms with Gasteiger partial charge in [-0.2, -0.15) is 5.10 Å². The lowest BCUT2D eigenvalue weighted by atomic mass is 10.0. The molecule has 0 fully saturated rings. The van der Waals surface area contributed by atoms with E-state index < -0.39 is 0 Å². The Balaban J connectivity index is 1.94. The summed E-state index contributed by atoms with van der Waals surface area (Å²) in [5, 5.41) is 6.23. The number of pyridine rings is 1. The zero-order valence-corrected chi connectivity index (χ0v) is 12.7. The van der Waals surface area contributed by atoms with E-state index in [9.17, 15) is 4.79 Å². The van der Waals surface area contributed by atoms with Crippen LogP contribution in [0.3, 0.4) is 0 Å². The Morgan fingerprint density at radius 1 is 0.957 bits per heavy atom. The van der Waals surface area contributed by atoms with Crippen LogP contribution in [0.2, 0.25) is 0 Å². The van der Waals surface area contributed by atoms with Crippen molar-refractivity contribution < 1.29 is 0 Å². The number of nitrogens with zero attached hydrogens (tertiary/aromatic N) is 2. The summed E-state index contributed by atoms with van der Waals surface area (Å²) in [5.41, 5.74) is 3.91. The summed E-state index contributed by atoms with van der Waals surface area (Å²) in [5.74, 6) is 0. The number of nitrogens with one attached hydrogen (secondary N) is 1. The summed E-state index contributed by atoms with van der Waals surface area (Å²) in [7, 11) is 1.92.